The Labute approximate surface area is 227 Å². The van der Waals surface area contributed by atoms with E-state index in [0.29, 0.717) is 15.8 Å². The molecule has 40 heavy (non-hydrogen) atoms. The van der Waals surface area contributed by atoms with E-state index in [4.69, 9.17) is 16.7 Å². The molecule has 10 nitrogen and oxygen atoms in total. The summed E-state index contributed by atoms with van der Waals surface area (Å²) in [5.41, 5.74) is -2.07. The van der Waals surface area contributed by atoms with Crippen molar-refractivity contribution in [2.24, 2.45) is 5.14 Å². The second-order valence-electron chi connectivity index (χ2n) is 8.42. The summed E-state index contributed by atoms with van der Waals surface area (Å²) in [6.45, 7) is -2.33. The molecule has 1 unspecified atom stereocenters. The molecular formula is C22H21ClF6N6O4S. The fraction of sp³-hybridized carbons (Fsp3) is 0.318. The van der Waals surface area contributed by atoms with Gasteiger partial charge in [0.05, 0.1) is 18.0 Å². The SMILES string of the molecule is NS(=O)(=O)NCC(NC(=O)Cn1nc(-c2ccc(Cl)cc2)n(CCC(F)(F)F)c1=O)c1cccc(C(F)(F)F)c1. The van der Waals surface area contributed by atoms with Gasteiger partial charge in [-0.05, 0) is 42.0 Å². The van der Waals surface area contributed by atoms with E-state index in [1.54, 1.807) is 0 Å². The number of hydrogen-bond acceptors (Lipinski definition) is 5. The molecule has 0 aliphatic rings. The molecule has 0 spiro atoms. The maximum Gasteiger partial charge on any atom is 0.416 e. The van der Waals surface area contributed by atoms with Crippen molar-refractivity contribution >= 4 is 27.7 Å². The maximum atomic E-state index is 13.2. The molecule has 0 saturated heterocycles. The van der Waals surface area contributed by atoms with E-state index in [9.17, 15) is 44.3 Å². The average Bonchev–Trinajstić information content (AvgIpc) is 3.14. The number of nitrogens with two attached hydrogens (primary N) is 1. The van der Waals surface area contributed by atoms with Gasteiger partial charge in [0.2, 0.25) is 5.91 Å². The highest BCUT2D eigenvalue weighted by molar-refractivity contribution is 7.87. The van der Waals surface area contributed by atoms with Gasteiger partial charge in [0.1, 0.15) is 6.54 Å². The molecule has 3 aromatic rings. The molecule has 3 rings (SSSR count). The summed E-state index contributed by atoms with van der Waals surface area (Å²) in [5, 5.41) is 11.5. The first-order valence-electron chi connectivity index (χ1n) is 11.2. The van der Waals surface area contributed by atoms with Crippen LogP contribution in [0.1, 0.15) is 23.6 Å². The van der Waals surface area contributed by atoms with Crippen LogP contribution in [0.3, 0.4) is 0 Å². The lowest BCUT2D eigenvalue weighted by Crippen LogP contribution is -2.42. The maximum absolute atomic E-state index is 13.2. The van der Waals surface area contributed by atoms with Gasteiger partial charge in [0, 0.05) is 23.7 Å². The van der Waals surface area contributed by atoms with Crippen LogP contribution in [0.2, 0.25) is 5.02 Å². The second-order valence-corrected chi connectivity index (χ2v) is 10.2. The second kappa shape index (κ2) is 12.0. The lowest BCUT2D eigenvalue weighted by molar-refractivity contribution is -0.138. The average molecular weight is 615 g/mol. The summed E-state index contributed by atoms with van der Waals surface area (Å²) >= 11 is 5.84. The van der Waals surface area contributed by atoms with Gasteiger partial charge < -0.3 is 5.32 Å². The van der Waals surface area contributed by atoms with Crippen molar-refractivity contribution in [3.63, 3.8) is 0 Å². The number of rotatable bonds is 10. The molecule has 18 heteroatoms. The number of halogens is 7. The Balaban J connectivity index is 1.92. The van der Waals surface area contributed by atoms with Crippen LogP contribution in [0.25, 0.3) is 11.4 Å². The summed E-state index contributed by atoms with van der Waals surface area (Å²) in [7, 11) is -4.32. The number of aromatic nitrogens is 3. The van der Waals surface area contributed by atoms with Crippen LogP contribution in [0, 0.1) is 0 Å². The van der Waals surface area contributed by atoms with Crippen molar-refractivity contribution in [3.05, 3.63) is 75.2 Å². The lowest BCUT2D eigenvalue weighted by Gasteiger charge is -2.20. The van der Waals surface area contributed by atoms with Crippen molar-refractivity contribution in [2.45, 2.75) is 37.9 Å². The molecule has 0 bridgehead atoms. The third-order valence-corrected chi connectivity index (χ3v) is 6.20. The topological polar surface area (TPSA) is 141 Å². The van der Waals surface area contributed by atoms with Gasteiger partial charge in [0.15, 0.2) is 5.82 Å². The highest BCUT2D eigenvalue weighted by atomic mass is 35.5. The van der Waals surface area contributed by atoms with E-state index >= 15 is 0 Å². The zero-order valence-electron chi connectivity index (χ0n) is 20.1. The minimum absolute atomic E-state index is 0.149. The predicted molar refractivity (Wildman–Crippen MR) is 131 cm³/mol. The number of carbonyl (C=O) groups is 1. The molecule has 0 saturated carbocycles. The van der Waals surface area contributed by atoms with Gasteiger partial charge >= 0.3 is 18.0 Å². The van der Waals surface area contributed by atoms with Gasteiger partial charge in [-0.15, -0.1) is 5.10 Å². The molecule has 0 fully saturated rings. The summed E-state index contributed by atoms with van der Waals surface area (Å²) in [5.74, 6) is -1.20. The van der Waals surface area contributed by atoms with Crippen molar-refractivity contribution in [2.75, 3.05) is 6.54 Å². The number of carbonyl (C=O) groups excluding carboxylic acids is 1. The normalized spacial score (nSPS) is 13.3. The van der Waals surface area contributed by atoms with E-state index in [1.807, 2.05) is 4.72 Å². The molecule has 1 amide bonds. The molecule has 218 valence electrons. The van der Waals surface area contributed by atoms with Crippen LogP contribution in [-0.4, -0.2) is 41.4 Å². The number of hydrogen-bond donors (Lipinski definition) is 3. The first-order valence-corrected chi connectivity index (χ1v) is 13.1. The first-order chi connectivity index (χ1) is 18.4. The fourth-order valence-electron chi connectivity index (χ4n) is 3.56. The van der Waals surface area contributed by atoms with Crippen LogP contribution in [0.4, 0.5) is 26.3 Å². The Kier molecular flexibility index (Phi) is 9.33. The monoisotopic (exact) mass is 614 g/mol. The van der Waals surface area contributed by atoms with E-state index in [0.717, 1.165) is 16.7 Å². The van der Waals surface area contributed by atoms with Gasteiger partial charge in [-0.25, -0.2) is 19.3 Å². The van der Waals surface area contributed by atoms with Crippen LogP contribution in [0.5, 0.6) is 0 Å². The summed E-state index contributed by atoms with van der Waals surface area (Å²) < 4.78 is 104. The minimum Gasteiger partial charge on any atom is -0.346 e. The van der Waals surface area contributed by atoms with Crippen LogP contribution >= 0.6 is 11.6 Å². The zero-order valence-corrected chi connectivity index (χ0v) is 21.7. The Morgan fingerprint density at radius 1 is 1.07 bits per heavy atom. The quantitative estimate of drug-likeness (QED) is 0.301. The van der Waals surface area contributed by atoms with Gasteiger partial charge in [-0.3, -0.25) is 9.36 Å². The van der Waals surface area contributed by atoms with E-state index in [1.165, 1.54) is 30.3 Å². The lowest BCUT2D eigenvalue weighted by atomic mass is 10.0. The minimum atomic E-state index is -4.74. The van der Waals surface area contributed by atoms with Gasteiger partial charge in [-0.2, -0.15) is 34.8 Å². The highest BCUT2D eigenvalue weighted by Crippen LogP contribution is 2.31. The Bertz CT molecular complexity index is 1520. The molecule has 0 radical (unpaired) electrons. The summed E-state index contributed by atoms with van der Waals surface area (Å²) in [6, 6.07) is 7.95. The highest BCUT2D eigenvalue weighted by Gasteiger charge is 2.32. The fourth-order valence-corrected chi connectivity index (χ4v) is 4.08. The van der Waals surface area contributed by atoms with Crippen LogP contribution in [-0.2, 0) is 34.3 Å². The molecule has 1 aromatic heterocycles. The van der Waals surface area contributed by atoms with E-state index in [-0.39, 0.29) is 17.0 Å². The van der Waals surface area contributed by atoms with Crippen LogP contribution < -0.4 is 20.9 Å². The Morgan fingerprint density at radius 2 is 1.73 bits per heavy atom. The number of benzene rings is 2. The molecule has 1 heterocycles. The first kappa shape index (κ1) is 31.1. The Morgan fingerprint density at radius 3 is 2.30 bits per heavy atom. The zero-order chi connectivity index (χ0) is 29.9. The largest absolute Gasteiger partial charge is 0.416 e. The van der Waals surface area contributed by atoms with Gasteiger partial charge in [-0.1, -0.05) is 23.7 Å². The van der Waals surface area contributed by atoms with Crippen LogP contribution in [0.15, 0.2) is 53.3 Å². The third-order valence-electron chi connectivity index (χ3n) is 5.38. The van der Waals surface area contributed by atoms with Crippen molar-refractivity contribution in [1.29, 1.82) is 0 Å². The number of nitrogens with one attached hydrogen (secondary N) is 2. The van der Waals surface area contributed by atoms with E-state index in [2.05, 4.69) is 10.4 Å². The van der Waals surface area contributed by atoms with Gasteiger partial charge in [0.25, 0.3) is 10.2 Å². The van der Waals surface area contributed by atoms with E-state index < -0.39 is 71.8 Å². The summed E-state index contributed by atoms with van der Waals surface area (Å²) in [4.78, 5) is 25.7. The molecular weight excluding hydrogens is 594 g/mol. The molecule has 0 aliphatic heterocycles. The molecule has 2 aromatic carbocycles. The van der Waals surface area contributed by atoms with Crippen molar-refractivity contribution in [1.82, 2.24) is 24.4 Å². The molecule has 0 aliphatic carbocycles. The number of nitrogens with zero attached hydrogens (tertiary/aromatic N) is 3. The molecule has 1 atom stereocenters. The smallest absolute Gasteiger partial charge is 0.346 e. The van der Waals surface area contributed by atoms with Crippen molar-refractivity contribution < 1.29 is 39.6 Å². The Hall–Kier alpha value is -3.41. The summed E-state index contributed by atoms with van der Waals surface area (Å²) in [6.07, 6.45) is -10.7. The predicted octanol–water partition coefficient (Wildman–Crippen LogP) is 2.99. The standard InChI is InChI=1S/C22H21ClF6N6O4S/c23-16-6-4-13(5-7-16)19-33-35(20(37)34(19)9-8-21(24,25)26)12-18(36)32-17(11-31-40(30,38)39)14-2-1-3-15(10-14)22(27,28)29/h1-7,10,17,31H,8-9,11-12H2,(H,32,36)(H2,30,38,39). The molecule has 4 N–H and O–H groups in total. The van der Waals surface area contributed by atoms with Crippen molar-refractivity contribution in [3.8, 4) is 11.4 Å². The third kappa shape index (κ3) is 8.80. The number of alkyl halides is 6. The number of amides is 1.